The second kappa shape index (κ2) is 7.26. The van der Waals surface area contributed by atoms with Crippen molar-refractivity contribution in [1.82, 2.24) is 19.7 Å². The summed E-state index contributed by atoms with van der Waals surface area (Å²) < 4.78 is 3.02. The molecule has 1 aliphatic rings. The summed E-state index contributed by atoms with van der Waals surface area (Å²) >= 11 is 0. The molecule has 0 saturated carbocycles. The molecule has 0 fully saturated rings. The summed E-state index contributed by atoms with van der Waals surface area (Å²) in [5.41, 5.74) is -0.148. The van der Waals surface area contributed by atoms with E-state index in [0.29, 0.717) is 6.54 Å². The quantitative estimate of drug-likeness (QED) is 0.793. The molecule has 0 spiro atoms. The Morgan fingerprint density at radius 3 is 2.95 bits per heavy atom. The van der Waals surface area contributed by atoms with Crippen LogP contribution in [0.15, 0.2) is 4.79 Å². The highest BCUT2D eigenvalue weighted by Crippen LogP contribution is 2.10. The molecule has 1 aliphatic heterocycles. The minimum Gasteiger partial charge on any atom is -0.354 e. The first-order chi connectivity index (χ1) is 9.72. The molecule has 1 amide bonds. The van der Waals surface area contributed by atoms with Crippen molar-refractivity contribution in [3.05, 3.63) is 16.3 Å². The van der Waals surface area contributed by atoms with Crippen molar-refractivity contribution in [1.29, 1.82) is 0 Å². The van der Waals surface area contributed by atoms with E-state index < -0.39 is 0 Å². The number of carbonyl (C=O) groups excluding carboxylic acids is 1. The second-order valence-electron chi connectivity index (χ2n) is 5.38. The van der Waals surface area contributed by atoms with Crippen LogP contribution in [0.25, 0.3) is 0 Å². The average Bonchev–Trinajstić information content (AvgIpc) is 2.63. The van der Waals surface area contributed by atoms with E-state index in [4.69, 9.17) is 0 Å². The maximum atomic E-state index is 12.2. The van der Waals surface area contributed by atoms with Crippen molar-refractivity contribution >= 4 is 5.91 Å². The first-order valence-corrected chi connectivity index (χ1v) is 7.65. The molecule has 1 N–H and O–H groups in total. The van der Waals surface area contributed by atoms with E-state index in [9.17, 15) is 9.59 Å². The number of aromatic nitrogens is 3. The van der Waals surface area contributed by atoms with Crippen LogP contribution in [-0.4, -0.2) is 26.8 Å². The summed E-state index contributed by atoms with van der Waals surface area (Å²) in [5.74, 6) is 0.697. The number of hydrogen-bond donors (Lipinski definition) is 1. The first-order valence-electron chi connectivity index (χ1n) is 7.65. The van der Waals surface area contributed by atoms with Crippen LogP contribution >= 0.6 is 0 Å². The molecule has 0 aromatic carbocycles. The zero-order valence-corrected chi connectivity index (χ0v) is 12.2. The Bertz CT molecular complexity index is 504. The van der Waals surface area contributed by atoms with Crippen molar-refractivity contribution in [2.45, 2.75) is 65.0 Å². The molecule has 112 valence electrons. The minimum atomic E-state index is -0.148. The third-order valence-corrected chi connectivity index (χ3v) is 3.68. The van der Waals surface area contributed by atoms with Crippen LogP contribution in [0.5, 0.6) is 0 Å². The summed E-state index contributed by atoms with van der Waals surface area (Å²) in [6.45, 7) is 3.56. The van der Waals surface area contributed by atoms with Crippen molar-refractivity contribution in [2.75, 3.05) is 6.54 Å². The Morgan fingerprint density at radius 1 is 1.30 bits per heavy atom. The van der Waals surface area contributed by atoms with Gasteiger partial charge in [-0.25, -0.2) is 9.48 Å². The monoisotopic (exact) mass is 280 g/mol. The van der Waals surface area contributed by atoms with Gasteiger partial charge in [0.1, 0.15) is 12.4 Å². The Balaban J connectivity index is 1.93. The van der Waals surface area contributed by atoms with E-state index in [1.165, 1.54) is 4.68 Å². The van der Waals surface area contributed by atoms with Gasteiger partial charge < -0.3 is 5.32 Å². The molecule has 1 aromatic rings. The van der Waals surface area contributed by atoms with Crippen molar-refractivity contribution in [3.8, 4) is 0 Å². The normalized spacial score (nSPS) is 14.7. The third kappa shape index (κ3) is 3.71. The van der Waals surface area contributed by atoms with E-state index in [1.807, 2.05) is 0 Å². The first kappa shape index (κ1) is 14.8. The number of hydrogen-bond acceptors (Lipinski definition) is 3. The fraction of sp³-hybridized carbons (Fsp3) is 0.786. The summed E-state index contributed by atoms with van der Waals surface area (Å²) in [6, 6.07) is 0. The number of nitrogens with one attached hydrogen (secondary N) is 1. The third-order valence-electron chi connectivity index (χ3n) is 3.68. The van der Waals surface area contributed by atoms with Gasteiger partial charge in [-0.1, -0.05) is 26.2 Å². The largest absolute Gasteiger partial charge is 0.354 e. The highest BCUT2D eigenvalue weighted by Gasteiger charge is 2.16. The fourth-order valence-corrected chi connectivity index (χ4v) is 2.52. The van der Waals surface area contributed by atoms with Gasteiger partial charge in [-0.2, -0.15) is 5.10 Å². The van der Waals surface area contributed by atoms with Crippen LogP contribution in [0.1, 0.15) is 51.3 Å². The summed E-state index contributed by atoms with van der Waals surface area (Å²) in [5, 5.41) is 7.14. The van der Waals surface area contributed by atoms with Crippen LogP contribution in [-0.2, 0) is 24.3 Å². The highest BCUT2D eigenvalue weighted by molar-refractivity contribution is 5.75. The molecular weight excluding hydrogens is 256 g/mol. The lowest BCUT2D eigenvalue weighted by Gasteiger charge is -2.04. The number of amides is 1. The van der Waals surface area contributed by atoms with E-state index in [1.54, 1.807) is 4.57 Å². The summed E-state index contributed by atoms with van der Waals surface area (Å²) in [6.07, 6.45) is 7.28. The molecule has 6 heteroatoms. The number of carbonyl (C=O) groups is 1. The van der Waals surface area contributed by atoms with Gasteiger partial charge in [0.2, 0.25) is 5.91 Å². The average molecular weight is 280 g/mol. The van der Waals surface area contributed by atoms with Gasteiger partial charge in [0.15, 0.2) is 0 Å². The standard InChI is InChI=1S/C14H24N4O2/c1-2-3-6-9-15-13(19)11-18-14(20)17-10-7-4-5-8-12(17)16-18/h2-11H2,1H3,(H,15,19). The number of nitrogens with zero attached hydrogens (tertiary/aromatic N) is 3. The number of aryl methyl sites for hydroxylation is 1. The number of fused-ring (bicyclic) bond motifs is 1. The minimum absolute atomic E-state index is 0.0327. The zero-order chi connectivity index (χ0) is 14.4. The van der Waals surface area contributed by atoms with Gasteiger partial charge in [0.05, 0.1) is 0 Å². The zero-order valence-electron chi connectivity index (χ0n) is 12.2. The van der Waals surface area contributed by atoms with Gasteiger partial charge in [-0.15, -0.1) is 0 Å². The smallest absolute Gasteiger partial charge is 0.346 e. The van der Waals surface area contributed by atoms with Gasteiger partial charge in [0, 0.05) is 19.5 Å². The maximum absolute atomic E-state index is 12.2. The number of rotatable bonds is 6. The Hall–Kier alpha value is -1.59. The molecular formula is C14H24N4O2. The molecule has 2 rings (SSSR count). The molecule has 6 nitrogen and oxygen atoms in total. The summed E-state index contributed by atoms with van der Waals surface area (Å²) in [7, 11) is 0. The Labute approximate surface area is 119 Å². The van der Waals surface area contributed by atoms with E-state index >= 15 is 0 Å². The lowest BCUT2D eigenvalue weighted by atomic mass is 10.2. The van der Waals surface area contributed by atoms with Crippen LogP contribution in [0.2, 0.25) is 0 Å². The van der Waals surface area contributed by atoms with Gasteiger partial charge in [0.25, 0.3) is 0 Å². The topological polar surface area (TPSA) is 68.9 Å². The molecule has 1 aromatic heterocycles. The predicted octanol–water partition coefficient (Wildman–Crippen LogP) is 1.08. The molecule has 0 unspecified atom stereocenters. The molecule has 0 saturated heterocycles. The fourth-order valence-electron chi connectivity index (χ4n) is 2.52. The van der Waals surface area contributed by atoms with Gasteiger partial charge >= 0.3 is 5.69 Å². The molecule has 0 radical (unpaired) electrons. The van der Waals surface area contributed by atoms with Gasteiger partial charge in [-0.3, -0.25) is 9.36 Å². The van der Waals surface area contributed by atoms with E-state index in [-0.39, 0.29) is 18.1 Å². The van der Waals surface area contributed by atoms with Crippen LogP contribution in [0, 0.1) is 0 Å². The van der Waals surface area contributed by atoms with Crippen molar-refractivity contribution < 1.29 is 4.79 Å². The second-order valence-corrected chi connectivity index (χ2v) is 5.38. The maximum Gasteiger partial charge on any atom is 0.346 e. The molecule has 0 bridgehead atoms. The molecule has 0 atom stereocenters. The highest BCUT2D eigenvalue weighted by atomic mass is 16.2. The van der Waals surface area contributed by atoms with E-state index in [0.717, 1.165) is 57.3 Å². The van der Waals surface area contributed by atoms with Crippen LogP contribution in [0.3, 0.4) is 0 Å². The van der Waals surface area contributed by atoms with E-state index in [2.05, 4.69) is 17.3 Å². The van der Waals surface area contributed by atoms with Crippen molar-refractivity contribution in [3.63, 3.8) is 0 Å². The Kier molecular flexibility index (Phi) is 5.38. The lowest BCUT2D eigenvalue weighted by Crippen LogP contribution is -2.34. The number of unbranched alkanes of at least 4 members (excludes halogenated alkanes) is 2. The molecule has 0 aliphatic carbocycles. The van der Waals surface area contributed by atoms with Crippen LogP contribution < -0.4 is 11.0 Å². The van der Waals surface area contributed by atoms with Crippen LogP contribution in [0.4, 0.5) is 0 Å². The summed E-state index contributed by atoms with van der Waals surface area (Å²) in [4.78, 5) is 24.0. The molecule has 20 heavy (non-hydrogen) atoms. The predicted molar refractivity (Wildman–Crippen MR) is 76.6 cm³/mol. The van der Waals surface area contributed by atoms with Crippen molar-refractivity contribution in [2.24, 2.45) is 0 Å². The molecule has 2 heterocycles. The Morgan fingerprint density at radius 2 is 2.15 bits per heavy atom. The SMILES string of the molecule is CCCCCNC(=O)Cn1nc2n(c1=O)CCCCC2. The lowest BCUT2D eigenvalue weighted by molar-refractivity contribution is -0.121. The van der Waals surface area contributed by atoms with Gasteiger partial charge in [-0.05, 0) is 19.3 Å².